The largest absolute Gasteiger partial charge is 0.494 e. The van der Waals surface area contributed by atoms with Gasteiger partial charge in [0.25, 0.3) is 0 Å². The van der Waals surface area contributed by atoms with Crippen LogP contribution in [0, 0.1) is 11.7 Å². The van der Waals surface area contributed by atoms with Crippen LogP contribution >= 0.6 is 12.2 Å². The number of hydrogen-bond acceptors (Lipinski definition) is 5. The minimum absolute atomic E-state index is 0.407. The van der Waals surface area contributed by atoms with Crippen LogP contribution in [0.2, 0.25) is 0 Å². The first-order valence-electron chi connectivity index (χ1n) is 7.64. The lowest BCUT2D eigenvalue weighted by Crippen LogP contribution is -1.96. The predicted octanol–water partition coefficient (Wildman–Crippen LogP) is 3.31. The molecular formula is C16H18N6OS. The molecule has 1 aromatic carbocycles. The fraction of sp³-hybridized carbons (Fsp3) is 0.250. The summed E-state index contributed by atoms with van der Waals surface area (Å²) in [5.41, 5.74) is 2.56. The molecule has 2 aromatic heterocycles. The molecule has 0 atom stereocenters. The summed E-state index contributed by atoms with van der Waals surface area (Å²) in [5.74, 6) is 1.41. The van der Waals surface area contributed by atoms with Gasteiger partial charge in [-0.3, -0.25) is 5.10 Å². The van der Waals surface area contributed by atoms with Crippen molar-refractivity contribution >= 4 is 18.4 Å². The number of hydrogen-bond donors (Lipinski definition) is 2. The molecule has 7 nitrogen and oxygen atoms in total. The summed E-state index contributed by atoms with van der Waals surface area (Å²) in [6.07, 6.45) is 2.70. The van der Waals surface area contributed by atoms with E-state index in [4.69, 9.17) is 17.0 Å². The summed E-state index contributed by atoms with van der Waals surface area (Å²) in [7, 11) is 0. The zero-order chi connectivity index (χ0) is 16.9. The van der Waals surface area contributed by atoms with Gasteiger partial charge in [-0.2, -0.15) is 20.0 Å². The molecule has 0 spiro atoms. The van der Waals surface area contributed by atoms with Crippen LogP contribution in [0.5, 0.6) is 5.75 Å². The number of rotatable bonds is 6. The molecule has 0 aliphatic rings. The molecule has 0 aliphatic carbocycles. The van der Waals surface area contributed by atoms with Crippen LogP contribution in [0.25, 0.3) is 11.5 Å². The highest BCUT2D eigenvalue weighted by molar-refractivity contribution is 7.71. The van der Waals surface area contributed by atoms with Gasteiger partial charge < -0.3 is 4.74 Å². The van der Waals surface area contributed by atoms with E-state index in [1.807, 2.05) is 37.3 Å². The Morgan fingerprint density at radius 1 is 1.25 bits per heavy atom. The lowest BCUT2D eigenvalue weighted by molar-refractivity contribution is 0.317. The minimum atomic E-state index is 0.407. The van der Waals surface area contributed by atoms with E-state index in [2.05, 4.69) is 32.4 Å². The summed E-state index contributed by atoms with van der Waals surface area (Å²) in [5, 5.41) is 18.4. The normalized spacial score (nSPS) is 11.2. The Morgan fingerprint density at radius 2 is 2.04 bits per heavy atom. The molecule has 2 N–H and O–H groups in total. The molecule has 3 rings (SSSR count). The second kappa shape index (κ2) is 7.22. The minimum Gasteiger partial charge on any atom is -0.494 e. The Balaban J connectivity index is 1.82. The van der Waals surface area contributed by atoms with E-state index in [9.17, 15) is 0 Å². The van der Waals surface area contributed by atoms with Crippen molar-refractivity contribution in [3.8, 4) is 17.3 Å². The van der Waals surface area contributed by atoms with Crippen molar-refractivity contribution in [3.05, 3.63) is 46.4 Å². The maximum atomic E-state index is 5.57. The van der Waals surface area contributed by atoms with E-state index in [1.165, 1.54) is 0 Å². The molecule has 0 aliphatic heterocycles. The van der Waals surface area contributed by atoms with Crippen molar-refractivity contribution in [3.63, 3.8) is 0 Å². The third-order valence-electron chi connectivity index (χ3n) is 3.26. The smallest absolute Gasteiger partial charge is 0.216 e. The van der Waals surface area contributed by atoms with Crippen LogP contribution in [-0.2, 0) is 0 Å². The summed E-state index contributed by atoms with van der Waals surface area (Å²) >= 11 is 5.24. The third-order valence-corrected chi connectivity index (χ3v) is 3.52. The monoisotopic (exact) mass is 342 g/mol. The van der Waals surface area contributed by atoms with Gasteiger partial charge in [-0.1, -0.05) is 6.92 Å². The summed E-state index contributed by atoms with van der Waals surface area (Å²) in [6, 6.07) is 9.61. The Bertz CT molecular complexity index is 890. The van der Waals surface area contributed by atoms with Gasteiger partial charge in [-0.15, -0.1) is 0 Å². The SMILES string of the molecule is CCCOc1ccc(/C=N\n2c(-c3cc(C)[nH]n3)n[nH]c2=S)cc1. The molecule has 124 valence electrons. The van der Waals surface area contributed by atoms with E-state index in [-0.39, 0.29) is 0 Å². The quantitative estimate of drug-likeness (QED) is 0.532. The Morgan fingerprint density at radius 3 is 2.71 bits per heavy atom. The van der Waals surface area contributed by atoms with Gasteiger partial charge in [0.15, 0.2) is 0 Å². The molecule has 0 unspecified atom stereocenters. The molecule has 0 saturated heterocycles. The van der Waals surface area contributed by atoms with E-state index < -0.39 is 0 Å². The number of aromatic nitrogens is 5. The number of nitrogens with one attached hydrogen (secondary N) is 2. The molecule has 0 saturated carbocycles. The zero-order valence-corrected chi connectivity index (χ0v) is 14.3. The molecule has 0 amide bonds. The van der Waals surface area contributed by atoms with Crippen LogP contribution in [0.1, 0.15) is 24.6 Å². The van der Waals surface area contributed by atoms with Gasteiger partial charge in [-0.25, -0.2) is 5.10 Å². The number of ether oxygens (including phenoxy) is 1. The number of benzene rings is 1. The molecule has 8 heteroatoms. The van der Waals surface area contributed by atoms with Gasteiger partial charge in [0, 0.05) is 5.69 Å². The maximum Gasteiger partial charge on any atom is 0.216 e. The van der Waals surface area contributed by atoms with Gasteiger partial charge in [0.1, 0.15) is 11.4 Å². The Kier molecular flexibility index (Phi) is 4.85. The topological polar surface area (TPSA) is 83.9 Å². The number of H-pyrrole nitrogens is 2. The lowest BCUT2D eigenvalue weighted by atomic mass is 10.2. The predicted molar refractivity (Wildman–Crippen MR) is 95.0 cm³/mol. The molecule has 2 heterocycles. The molecule has 3 aromatic rings. The van der Waals surface area contributed by atoms with E-state index in [1.54, 1.807) is 10.9 Å². The second-order valence-electron chi connectivity index (χ2n) is 5.26. The molecule has 0 radical (unpaired) electrons. The van der Waals surface area contributed by atoms with Crippen molar-refractivity contribution in [2.24, 2.45) is 5.10 Å². The fourth-order valence-corrected chi connectivity index (χ4v) is 2.27. The van der Waals surface area contributed by atoms with Crippen LogP contribution in [0.4, 0.5) is 0 Å². The molecule has 0 bridgehead atoms. The van der Waals surface area contributed by atoms with Crippen molar-refractivity contribution in [1.29, 1.82) is 0 Å². The third kappa shape index (κ3) is 3.60. The first-order valence-corrected chi connectivity index (χ1v) is 8.05. The highest BCUT2D eigenvalue weighted by atomic mass is 32.1. The lowest BCUT2D eigenvalue weighted by Gasteiger charge is -2.03. The Hall–Kier alpha value is -2.74. The van der Waals surface area contributed by atoms with Crippen molar-refractivity contribution < 1.29 is 4.74 Å². The molecule has 24 heavy (non-hydrogen) atoms. The molecular weight excluding hydrogens is 324 g/mol. The van der Waals surface area contributed by atoms with E-state index in [0.29, 0.717) is 22.9 Å². The first kappa shape index (κ1) is 16.1. The summed E-state index contributed by atoms with van der Waals surface area (Å²) in [6.45, 7) is 4.71. The van der Waals surface area contributed by atoms with E-state index in [0.717, 1.165) is 23.4 Å². The zero-order valence-electron chi connectivity index (χ0n) is 13.5. The number of aromatic amines is 2. The maximum absolute atomic E-state index is 5.57. The van der Waals surface area contributed by atoms with Gasteiger partial charge in [0.2, 0.25) is 10.6 Å². The van der Waals surface area contributed by atoms with Crippen LogP contribution in [0.3, 0.4) is 0 Å². The first-order chi connectivity index (χ1) is 11.7. The summed E-state index contributed by atoms with van der Waals surface area (Å²) in [4.78, 5) is 0. The van der Waals surface area contributed by atoms with E-state index >= 15 is 0 Å². The average Bonchev–Trinajstić information content (AvgIpc) is 3.17. The number of nitrogens with zero attached hydrogens (tertiary/aromatic N) is 4. The summed E-state index contributed by atoms with van der Waals surface area (Å²) < 4.78 is 7.52. The van der Waals surface area contributed by atoms with Crippen molar-refractivity contribution in [2.75, 3.05) is 6.61 Å². The highest BCUT2D eigenvalue weighted by Gasteiger charge is 2.10. The number of aryl methyl sites for hydroxylation is 1. The Labute approximate surface area is 144 Å². The average molecular weight is 342 g/mol. The van der Waals surface area contributed by atoms with Gasteiger partial charge >= 0.3 is 0 Å². The van der Waals surface area contributed by atoms with Crippen LogP contribution < -0.4 is 4.74 Å². The van der Waals surface area contributed by atoms with Gasteiger partial charge in [0.05, 0.1) is 12.8 Å². The molecule has 0 fully saturated rings. The standard InChI is InChI=1S/C16H18N6OS/c1-3-8-23-13-6-4-12(5-7-13)10-17-22-15(20-21-16(22)24)14-9-11(2)18-19-14/h4-7,9-10H,3,8H2,1-2H3,(H,18,19)(H,21,24)/b17-10-. The van der Waals surface area contributed by atoms with Crippen LogP contribution in [-0.4, -0.2) is 37.9 Å². The van der Waals surface area contributed by atoms with Crippen molar-refractivity contribution in [2.45, 2.75) is 20.3 Å². The fourth-order valence-electron chi connectivity index (χ4n) is 2.09. The second-order valence-corrected chi connectivity index (χ2v) is 5.65. The van der Waals surface area contributed by atoms with Gasteiger partial charge in [-0.05, 0) is 61.5 Å². The highest BCUT2D eigenvalue weighted by Crippen LogP contribution is 2.16. The van der Waals surface area contributed by atoms with Crippen molar-refractivity contribution in [1.82, 2.24) is 25.1 Å². The van der Waals surface area contributed by atoms with Crippen LogP contribution in [0.15, 0.2) is 35.4 Å².